The molecule has 112 valence electrons. The Morgan fingerprint density at radius 2 is 1.95 bits per heavy atom. The van der Waals surface area contributed by atoms with Gasteiger partial charge in [-0.3, -0.25) is 0 Å². The lowest BCUT2D eigenvalue weighted by molar-refractivity contribution is 0.596. The van der Waals surface area contributed by atoms with Gasteiger partial charge >= 0.3 is 0 Å². The van der Waals surface area contributed by atoms with Gasteiger partial charge in [0, 0.05) is 12.7 Å². The zero-order valence-electron chi connectivity index (χ0n) is 11.7. The van der Waals surface area contributed by atoms with Gasteiger partial charge in [0.2, 0.25) is 9.84 Å². The van der Waals surface area contributed by atoms with Crippen molar-refractivity contribution in [1.29, 1.82) is 0 Å². The van der Waals surface area contributed by atoms with Crippen LogP contribution in [0.2, 0.25) is 0 Å². The molecule has 1 aliphatic rings. The summed E-state index contributed by atoms with van der Waals surface area (Å²) in [6.07, 6.45) is 4.02. The number of benzene rings is 1. The molecule has 1 aromatic carbocycles. The Kier molecular flexibility index (Phi) is 2.98. The number of rotatable bonds is 2. The molecule has 4 rings (SSSR count). The van der Waals surface area contributed by atoms with E-state index in [4.69, 9.17) is 0 Å². The number of nitrogens with zero attached hydrogens (tertiary/aromatic N) is 3. The maximum Gasteiger partial charge on any atom is 0.211 e. The highest BCUT2D eigenvalue weighted by Gasteiger charge is 2.25. The normalized spacial score (nSPS) is 14.9. The molecule has 6 nitrogen and oxygen atoms in total. The first-order chi connectivity index (χ1) is 10.7. The molecule has 0 bridgehead atoms. The average molecular weight is 314 g/mol. The minimum absolute atomic E-state index is 0.145. The van der Waals surface area contributed by atoms with Crippen molar-refractivity contribution < 1.29 is 8.42 Å². The molecule has 0 radical (unpaired) electrons. The Hall–Kier alpha value is -2.25. The van der Waals surface area contributed by atoms with Crippen LogP contribution < -0.4 is 5.32 Å². The quantitative estimate of drug-likeness (QED) is 0.769. The van der Waals surface area contributed by atoms with Gasteiger partial charge in [0.1, 0.15) is 4.90 Å². The second-order valence-corrected chi connectivity index (χ2v) is 7.14. The van der Waals surface area contributed by atoms with Crippen LogP contribution in [0.5, 0.6) is 0 Å². The van der Waals surface area contributed by atoms with E-state index in [1.54, 1.807) is 41.0 Å². The van der Waals surface area contributed by atoms with Gasteiger partial charge in [-0.1, -0.05) is 18.2 Å². The molecule has 0 atom stereocenters. The van der Waals surface area contributed by atoms with E-state index in [2.05, 4.69) is 15.4 Å². The van der Waals surface area contributed by atoms with Gasteiger partial charge in [-0.05, 0) is 30.7 Å². The molecule has 0 fully saturated rings. The van der Waals surface area contributed by atoms with E-state index in [1.807, 2.05) is 0 Å². The van der Waals surface area contributed by atoms with Crippen LogP contribution in [0.4, 0.5) is 0 Å². The van der Waals surface area contributed by atoms with Crippen LogP contribution in [0, 0.1) is 0 Å². The van der Waals surface area contributed by atoms with E-state index in [-0.39, 0.29) is 9.79 Å². The van der Waals surface area contributed by atoms with E-state index in [1.165, 1.54) is 6.20 Å². The zero-order chi connectivity index (χ0) is 15.2. The highest BCUT2D eigenvalue weighted by Crippen LogP contribution is 2.25. The summed E-state index contributed by atoms with van der Waals surface area (Å²) in [7, 11) is -3.62. The van der Waals surface area contributed by atoms with Crippen LogP contribution in [0.15, 0.2) is 52.5 Å². The number of sulfone groups is 1. The smallest absolute Gasteiger partial charge is 0.211 e. The maximum atomic E-state index is 12.8. The Balaban J connectivity index is 1.94. The topological polar surface area (TPSA) is 76.4 Å². The minimum Gasteiger partial charge on any atom is -0.311 e. The summed E-state index contributed by atoms with van der Waals surface area (Å²) in [5, 5.41) is 7.53. The fourth-order valence-corrected chi connectivity index (χ4v) is 4.07. The van der Waals surface area contributed by atoms with Crippen molar-refractivity contribution in [3.63, 3.8) is 0 Å². The Labute approximate surface area is 127 Å². The summed E-state index contributed by atoms with van der Waals surface area (Å²) >= 11 is 0. The molecule has 22 heavy (non-hydrogen) atoms. The van der Waals surface area contributed by atoms with E-state index >= 15 is 0 Å². The first kappa shape index (κ1) is 13.4. The molecule has 0 spiro atoms. The van der Waals surface area contributed by atoms with Crippen LogP contribution in [0.25, 0.3) is 5.65 Å². The fraction of sp³-hybridized carbons (Fsp3) is 0.200. The average Bonchev–Trinajstić information content (AvgIpc) is 3.01. The number of fused-ring (bicyclic) bond motifs is 3. The Bertz CT molecular complexity index is 948. The van der Waals surface area contributed by atoms with E-state index in [0.717, 1.165) is 24.2 Å². The summed E-state index contributed by atoms with van der Waals surface area (Å²) in [6.45, 7) is 1.57. The molecular weight excluding hydrogens is 300 g/mol. The predicted octanol–water partition coefficient (Wildman–Crippen LogP) is 1.21. The van der Waals surface area contributed by atoms with Gasteiger partial charge in [-0.15, -0.1) is 0 Å². The van der Waals surface area contributed by atoms with Gasteiger partial charge in [0.05, 0.1) is 16.8 Å². The van der Waals surface area contributed by atoms with Crippen LogP contribution >= 0.6 is 0 Å². The molecule has 0 aliphatic carbocycles. The third kappa shape index (κ3) is 1.93. The second kappa shape index (κ2) is 4.89. The summed E-state index contributed by atoms with van der Waals surface area (Å²) in [5.41, 5.74) is 2.47. The largest absolute Gasteiger partial charge is 0.311 e. The van der Waals surface area contributed by atoms with Crippen molar-refractivity contribution in [2.75, 3.05) is 6.54 Å². The molecule has 0 saturated heterocycles. The Morgan fingerprint density at radius 1 is 1.14 bits per heavy atom. The van der Waals surface area contributed by atoms with Crippen LogP contribution in [0.3, 0.4) is 0 Å². The molecule has 0 amide bonds. The van der Waals surface area contributed by atoms with Gasteiger partial charge in [-0.2, -0.15) is 5.10 Å². The maximum absolute atomic E-state index is 12.8. The molecule has 3 aromatic rings. The lowest BCUT2D eigenvalue weighted by Gasteiger charge is -2.17. The fourth-order valence-electron chi connectivity index (χ4n) is 2.74. The molecule has 1 N–H and O–H groups in total. The van der Waals surface area contributed by atoms with Gasteiger partial charge in [0.15, 0.2) is 5.65 Å². The highest BCUT2D eigenvalue weighted by atomic mass is 32.2. The van der Waals surface area contributed by atoms with Gasteiger partial charge in [0.25, 0.3) is 0 Å². The van der Waals surface area contributed by atoms with Crippen molar-refractivity contribution in [2.45, 2.75) is 22.8 Å². The summed E-state index contributed by atoms with van der Waals surface area (Å²) in [6, 6.07) is 8.36. The first-order valence-corrected chi connectivity index (χ1v) is 8.51. The van der Waals surface area contributed by atoms with Gasteiger partial charge in [-0.25, -0.2) is 17.9 Å². The summed E-state index contributed by atoms with van der Waals surface area (Å²) < 4.78 is 27.2. The monoisotopic (exact) mass is 314 g/mol. The third-order valence-electron chi connectivity index (χ3n) is 3.89. The zero-order valence-corrected chi connectivity index (χ0v) is 12.5. The Morgan fingerprint density at radius 3 is 2.77 bits per heavy atom. The van der Waals surface area contributed by atoms with Crippen molar-refractivity contribution in [3.8, 4) is 0 Å². The number of hydrogen-bond donors (Lipinski definition) is 1. The highest BCUT2D eigenvalue weighted by molar-refractivity contribution is 7.91. The third-order valence-corrected chi connectivity index (χ3v) is 5.65. The molecule has 0 unspecified atom stereocenters. The van der Waals surface area contributed by atoms with Crippen molar-refractivity contribution in [1.82, 2.24) is 19.9 Å². The van der Waals surface area contributed by atoms with E-state index in [0.29, 0.717) is 12.2 Å². The van der Waals surface area contributed by atoms with E-state index in [9.17, 15) is 8.42 Å². The lowest BCUT2D eigenvalue weighted by Crippen LogP contribution is -2.26. The lowest BCUT2D eigenvalue weighted by atomic mass is 10.1. The van der Waals surface area contributed by atoms with Crippen LogP contribution in [-0.2, 0) is 22.8 Å². The summed E-state index contributed by atoms with van der Waals surface area (Å²) in [5.74, 6) is 0. The predicted molar refractivity (Wildman–Crippen MR) is 80.3 cm³/mol. The number of nitrogens with one attached hydrogen (secondary N) is 1. The van der Waals surface area contributed by atoms with E-state index < -0.39 is 9.84 Å². The van der Waals surface area contributed by atoms with Crippen LogP contribution in [0.1, 0.15) is 11.3 Å². The second-order valence-electron chi connectivity index (χ2n) is 5.22. The van der Waals surface area contributed by atoms with Crippen molar-refractivity contribution >= 4 is 15.5 Å². The summed E-state index contributed by atoms with van der Waals surface area (Å²) in [4.78, 5) is 4.74. The SMILES string of the molecule is O=S(=O)(c1ccccc1)c1cnn2c3c(cnc12)CCNC3. The van der Waals surface area contributed by atoms with Crippen molar-refractivity contribution in [2.24, 2.45) is 0 Å². The number of aromatic nitrogens is 3. The molecule has 2 aromatic heterocycles. The molecular formula is C15H14N4O2S. The number of hydrogen-bond acceptors (Lipinski definition) is 5. The molecule has 7 heteroatoms. The molecule has 0 saturated carbocycles. The molecule has 1 aliphatic heterocycles. The van der Waals surface area contributed by atoms with Crippen molar-refractivity contribution in [3.05, 3.63) is 54.0 Å². The van der Waals surface area contributed by atoms with Crippen LogP contribution in [-0.4, -0.2) is 29.6 Å². The first-order valence-electron chi connectivity index (χ1n) is 7.03. The standard InChI is InChI=1S/C15H14N4O2S/c20-22(21,12-4-2-1-3-5-12)14-10-18-19-13-9-16-7-6-11(13)8-17-15(14)19/h1-5,8,10,16H,6-7,9H2. The minimum atomic E-state index is -3.62. The molecule has 3 heterocycles. The van der Waals surface area contributed by atoms with Gasteiger partial charge < -0.3 is 5.32 Å².